The topological polar surface area (TPSA) is 79.0 Å². The fourth-order valence-electron chi connectivity index (χ4n) is 3.22. The molecule has 2 heterocycles. The van der Waals surface area contributed by atoms with Crippen molar-refractivity contribution in [2.24, 2.45) is 10.4 Å². The fraction of sp³-hybridized carbons (Fsp3) is 0.450. The highest BCUT2D eigenvalue weighted by atomic mass is 127. The number of ether oxygens (including phenoxy) is 1. The lowest BCUT2D eigenvalue weighted by molar-refractivity contribution is 0.127. The third kappa shape index (κ3) is 6.20. The van der Waals surface area contributed by atoms with Crippen LogP contribution in [-0.4, -0.2) is 44.5 Å². The molecule has 1 aliphatic heterocycles. The van der Waals surface area contributed by atoms with Crippen LogP contribution in [0.3, 0.4) is 0 Å². The molecule has 6 nitrogen and oxygen atoms in total. The largest absolute Gasteiger partial charge is 0.459 e. The van der Waals surface area contributed by atoms with Gasteiger partial charge in [0.05, 0.1) is 13.2 Å². The molecule has 1 aromatic heterocycles. The molecular formula is C20H27BrIN3O3. The second kappa shape index (κ2) is 11.2. The number of hydrogen-bond acceptors (Lipinski definition) is 4. The molecule has 0 aliphatic carbocycles. The van der Waals surface area contributed by atoms with Gasteiger partial charge in [-0.15, -0.1) is 24.0 Å². The Morgan fingerprint density at radius 1 is 1.21 bits per heavy atom. The molecule has 1 aliphatic rings. The van der Waals surface area contributed by atoms with Crippen molar-refractivity contribution in [1.82, 2.24) is 10.6 Å². The summed E-state index contributed by atoms with van der Waals surface area (Å²) in [6, 6.07) is 12.0. The first-order chi connectivity index (χ1) is 13.1. The van der Waals surface area contributed by atoms with Gasteiger partial charge in [0.1, 0.15) is 11.5 Å². The Hall–Kier alpha value is -1.10. The SMILES string of the molecule is CN=C(NCc1ccc(-c2ccc(Br)cc2)o1)NCC1(CCO)CCOC1.I. The van der Waals surface area contributed by atoms with Crippen LogP contribution in [0, 0.1) is 5.41 Å². The molecule has 0 saturated carbocycles. The zero-order valence-electron chi connectivity index (χ0n) is 15.9. The summed E-state index contributed by atoms with van der Waals surface area (Å²) in [6.45, 7) is 2.85. The number of halogens is 2. The van der Waals surface area contributed by atoms with Crippen LogP contribution < -0.4 is 10.6 Å². The van der Waals surface area contributed by atoms with Crippen molar-refractivity contribution < 1.29 is 14.3 Å². The summed E-state index contributed by atoms with van der Waals surface area (Å²) in [6.07, 6.45) is 1.68. The summed E-state index contributed by atoms with van der Waals surface area (Å²) >= 11 is 3.44. The van der Waals surface area contributed by atoms with Crippen LogP contribution in [0.25, 0.3) is 11.3 Å². The zero-order chi connectivity index (χ0) is 19.1. The minimum Gasteiger partial charge on any atom is -0.459 e. The van der Waals surface area contributed by atoms with Gasteiger partial charge in [-0.05, 0) is 37.1 Å². The van der Waals surface area contributed by atoms with Gasteiger partial charge in [-0.25, -0.2) is 0 Å². The van der Waals surface area contributed by atoms with Gasteiger partial charge in [-0.2, -0.15) is 0 Å². The van der Waals surface area contributed by atoms with Gasteiger partial charge in [-0.1, -0.05) is 28.1 Å². The highest BCUT2D eigenvalue weighted by Gasteiger charge is 2.34. The Morgan fingerprint density at radius 3 is 2.64 bits per heavy atom. The van der Waals surface area contributed by atoms with Crippen LogP contribution in [0.1, 0.15) is 18.6 Å². The molecule has 0 radical (unpaired) electrons. The molecule has 28 heavy (non-hydrogen) atoms. The summed E-state index contributed by atoms with van der Waals surface area (Å²) in [5.74, 6) is 2.39. The van der Waals surface area contributed by atoms with Crippen LogP contribution in [-0.2, 0) is 11.3 Å². The maximum atomic E-state index is 9.33. The van der Waals surface area contributed by atoms with E-state index in [2.05, 4.69) is 31.6 Å². The average molecular weight is 564 g/mol. The van der Waals surface area contributed by atoms with Gasteiger partial charge in [0.15, 0.2) is 5.96 Å². The number of aliphatic imine (C=N–C) groups is 1. The van der Waals surface area contributed by atoms with Crippen molar-refractivity contribution in [1.29, 1.82) is 0 Å². The van der Waals surface area contributed by atoms with E-state index in [1.807, 2.05) is 36.4 Å². The number of guanidine groups is 1. The monoisotopic (exact) mass is 563 g/mol. The van der Waals surface area contributed by atoms with Crippen LogP contribution in [0.4, 0.5) is 0 Å². The third-order valence-electron chi connectivity index (χ3n) is 4.90. The maximum absolute atomic E-state index is 9.33. The third-order valence-corrected chi connectivity index (χ3v) is 5.43. The minimum atomic E-state index is -0.0220. The standard InChI is InChI=1S/C20H26BrN3O3.HI/c1-22-19(24-13-20(8-10-25)9-11-26-14-20)23-12-17-6-7-18(27-17)15-2-4-16(21)5-3-15;/h2-7,25H,8-14H2,1H3,(H2,22,23,24);1H. The van der Waals surface area contributed by atoms with Gasteiger partial charge in [0.2, 0.25) is 0 Å². The number of hydrogen-bond donors (Lipinski definition) is 3. The van der Waals surface area contributed by atoms with Gasteiger partial charge in [0, 0.05) is 42.3 Å². The van der Waals surface area contributed by atoms with Crippen molar-refractivity contribution >= 4 is 45.9 Å². The van der Waals surface area contributed by atoms with E-state index in [1.165, 1.54) is 0 Å². The van der Waals surface area contributed by atoms with Gasteiger partial charge in [-0.3, -0.25) is 4.99 Å². The lowest BCUT2D eigenvalue weighted by Crippen LogP contribution is -2.44. The summed E-state index contributed by atoms with van der Waals surface area (Å²) in [5, 5.41) is 16.0. The first-order valence-corrected chi connectivity index (χ1v) is 9.91. The first kappa shape index (κ1) is 23.2. The molecule has 0 spiro atoms. The summed E-state index contributed by atoms with van der Waals surface area (Å²) in [5.41, 5.74) is 1.02. The number of aliphatic hydroxyl groups excluding tert-OH is 1. The molecule has 1 unspecified atom stereocenters. The van der Waals surface area contributed by atoms with Gasteiger partial charge >= 0.3 is 0 Å². The van der Waals surface area contributed by atoms with Gasteiger partial charge in [0.25, 0.3) is 0 Å². The van der Waals surface area contributed by atoms with E-state index in [4.69, 9.17) is 9.15 Å². The number of nitrogens with zero attached hydrogens (tertiary/aromatic N) is 1. The van der Waals surface area contributed by atoms with Crippen LogP contribution >= 0.6 is 39.9 Å². The molecule has 3 rings (SSSR count). The highest BCUT2D eigenvalue weighted by Crippen LogP contribution is 2.31. The minimum absolute atomic E-state index is 0. The van der Waals surface area contributed by atoms with E-state index in [0.717, 1.165) is 47.5 Å². The van der Waals surface area contributed by atoms with Crippen molar-refractivity contribution in [3.63, 3.8) is 0 Å². The lowest BCUT2D eigenvalue weighted by Gasteiger charge is -2.27. The lowest BCUT2D eigenvalue weighted by atomic mass is 9.84. The molecule has 0 amide bonds. The van der Waals surface area contributed by atoms with E-state index in [0.29, 0.717) is 19.1 Å². The van der Waals surface area contributed by atoms with E-state index in [1.54, 1.807) is 7.05 Å². The van der Waals surface area contributed by atoms with Gasteiger partial charge < -0.3 is 24.9 Å². The summed E-state index contributed by atoms with van der Waals surface area (Å²) in [7, 11) is 1.74. The number of rotatable bonds is 7. The molecule has 3 N–H and O–H groups in total. The Kier molecular flexibility index (Phi) is 9.26. The predicted octanol–water partition coefficient (Wildman–Crippen LogP) is 3.78. The van der Waals surface area contributed by atoms with Crippen LogP contribution in [0.5, 0.6) is 0 Å². The Bertz CT molecular complexity index is 758. The maximum Gasteiger partial charge on any atom is 0.191 e. The van der Waals surface area contributed by atoms with Crippen molar-refractivity contribution in [2.75, 3.05) is 33.4 Å². The van der Waals surface area contributed by atoms with E-state index >= 15 is 0 Å². The molecule has 1 aromatic carbocycles. The highest BCUT2D eigenvalue weighted by molar-refractivity contribution is 14.0. The average Bonchev–Trinajstić information content (AvgIpc) is 3.33. The smallest absolute Gasteiger partial charge is 0.191 e. The number of furan rings is 1. The second-order valence-electron chi connectivity index (χ2n) is 6.83. The molecule has 1 fully saturated rings. The Balaban J connectivity index is 0.00000280. The zero-order valence-corrected chi connectivity index (χ0v) is 19.8. The molecule has 154 valence electrons. The summed E-state index contributed by atoms with van der Waals surface area (Å²) in [4.78, 5) is 4.27. The van der Waals surface area contributed by atoms with E-state index in [9.17, 15) is 5.11 Å². The quantitative estimate of drug-likeness (QED) is 0.271. The Labute approximate surface area is 191 Å². The van der Waals surface area contributed by atoms with E-state index in [-0.39, 0.29) is 36.0 Å². The first-order valence-electron chi connectivity index (χ1n) is 9.12. The molecule has 2 aromatic rings. The molecule has 8 heteroatoms. The van der Waals surface area contributed by atoms with E-state index < -0.39 is 0 Å². The van der Waals surface area contributed by atoms with Crippen LogP contribution in [0.15, 0.2) is 50.3 Å². The summed E-state index contributed by atoms with van der Waals surface area (Å²) < 4.78 is 12.5. The number of benzene rings is 1. The van der Waals surface area contributed by atoms with Crippen LogP contribution in [0.2, 0.25) is 0 Å². The molecule has 1 atom stereocenters. The number of nitrogens with one attached hydrogen (secondary N) is 2. The normalized spacial score (nSPS) is 19.3. The predicted molar refractivity (Wildman–Crippen MR) is 125 cm³/mol. The van der Waals surface area contributed by atoms with Crippen molar-refractivity contribution in [3.8, 4) is 11.3 Å². The fourth-order valence-corrected chi connectivity index (χ4v) is 3.48. The molecule has 1 saturated heterocycles. The molecule has 0 bridgehead atoms. The number of aliphatic hydroxyl groups is 1. The van der Waals surface area contributed by atoms with Crippen molar-refractivity contribution in [3.05, 3.63) is 46.6 Å². The molecular weight excluding hydrogens is 537 g/mol. The second-order valence-corrected chi connectivity index (χ2v) is 7.74. The Morgan fingerprint density at radius 2 is 2.00 bits per heavy atom. The van der Waals surface area contributed by atoms with Crippen molar-refractivity contribution in [2.45, 2.75) is 19.4 Å².